The van der Waals surface area contributed by atoms with Crippen LogP contribution in [0.15, 0.2) is 0 Å². The molecule has 19 heavy (non-hydrogen) atoms. The Morgan fingerprint density at radius 2 is 1.68 bits per heavy atom. The second-order valence-electron chi connectivity index (χ2n) is 5.31. The molecule has 0 aromatic rings. The fourth-order valence-corrected chi connectivity index (χ4v) is 3.57. The summed E-state index contributed by atoms with van der Waals surface area (Å²) in [6, 6.07) is 0. The fraction of sp³-hybridized carbons (Fsp3) is 1.00. The quantitative estimate of drug-likeness (QED) is 0.847. The maximum absolute atomic E-state index is 12.2. The molecule has 0 saturated heterocycles. The van der Waals surface area contributed by atoms with Crippen molar-refractivity contribution in [3.05, 3.63) is 0 Å². The summed E-state index contributed by atoms with van der Waals surface area (Å²) in [7, 11) is -5.19. The van der Waals surface area contributed by atoms with Gasteiger partial charge in [0.1, 0.15) is 0 Å². The third kappa shape index (κ3) is 4.34. The van der Waals surface area contributed by atoms with Crippen LogP contribution in [0.2, 0.25) is 0 Å². The van der Waals surface area contributed by atoms with Gasteiger partial charge in [-0.2, -0.15) is 13.2 Å². The number of hydrogen-bond donors (Lipinski definition) is 1. The first-order valence-corrected chi connectivity index (χ1v) is 8.25. The molecule has 1 aliphatic carbocycles. The predicted octanol–water partition coefficient (Wildman–Crippen LogP) is 3.28. The van der Waals surface area contributed by atoms with Gasteiger partial charge in [-0.25, -0.2) is 13.1 Å². The molecule has 0 radical (unpaired) electrons. The molecule has 0 aliphatic heterocycles. The number of rotatable bonds is 5. The molecule has 3 unspecified atom stereocenters. The molecule has 7 heteroatoms. The van der Waals surface area contributed by atoms with Gasteiger partial charge in [0.25, 0.3) is 0 Å². The van der Waals surface area contributed by atoms with Crippen LogP contribution in [0.5, 0.6) is 0 Å². The Balaban J connectivity index is 2.52. The molecule has 0 amide bonds. The van der Waals surface area contributed by atoms with Crippen LogP contribution in [-0.4, -0.2) is 20.5 Å². The Bertz CT molecular complexity index is 381. The minimum atomic E-state index is -5.21. The zero-order valence-electron chi connectivity index (χ0n) is 11.3. The molecule has 0 aromatic carbocycles. The lowest BCUT2D eigenvalue weighted by Crippen LogP contribution is -2.40. The van der Waals surface area contributed by atoms with E-state index in [1.807, 2.05) is 0 Å². The molecule has 1 aliphatic rings. The van der Waals surface area contributed by atoms with Crippen LogP contribution >= 0.6 is 0 Å². The van der Waals surface area contributed by atoms with Gasteiger partial charge in [0.15, 0.2) is 0 Å². The average molecular weight is 301 g/mol. The Morgan fingerprint density at radius 1 is 1.11 bits per heavy atom. The van der Waals surface area contributed by atoms with Crippen molar-refractivity contribution in [2.24, 2.45) is 17.8 Å². The second-order valence-corrected chi connectivity index (χ2v) is 7.07. The minimum Gasteiger partial charge on any atom is -0.207 e. The summed E-state index contributed by atoms with van der Waals surface area (Å²) in [4.78, 5) is 0. The Labute approximate surface area is 113 Å². The van der Waals surface area contributed by atoms with E-state index in [0.717, 1.165) is 32.1 Å². The fourth-order valence-electron chi connectivity index (χ4n) is 2.96. The van der Waals surface area contributed by atoms with Crippen molar-refractivity contribution in [3.63, 3.8) is 0 Å². The maximum atomic E-state index is 12.2. The first kappa shape index (κ1) is 16.8. The van der Waals surface area contributed by atoms with Crippen molar-refractivity contribution in [1.82, 2.24) is 4.72 Å². The highest BCUT2D eigenvalue weighted by Gasteiger charge is 2.45. The number of halogens is 3. The first-order chi connectivity index (χ1) is 8.71. The lowest BCUT2D eigenvalue weighted by atomic mass is 9.72. The molecule has 0 bridgehead atoms. The van der Waals surface area contributed by atoms with Crippen LogP contribution in [-0.2, 0) is 10.0 Å². The third-order valence-corrected chi connectivity index (χ3v) is 5.32. The first-order valence-electron chi connectivity index (χ1n) is 6.77. The van der Waals surface area contributed by atoms with Crippen molar-refractivity contribution in [1.29, 1.82) is 0 Å². The average Bonchev–Trinajstić information content (AvgIpc) is 2.34. The van der Waals surface area contributed by atoms with Crippen molar-refractivity contribution in [3.8, 4) is 0 Å². The summed E-state index contributed by atoms with van der Waals surface area (Å²) >= 11 is 0. The topological polar surface area (TPSA) is 46.2 Å². The summed E-state index contributed by atoms with van der Waals surface area (Å²) in [5.41, 5.74) is -5.21. The number of sulfonamides is 1. The zero-order valence-corrected chi connectivity index (χ0v) is 12.1. The van der Waals surface area contributed by atoms with E-state index in [1.165, 1.54) is 0 Å². The molecule has 3 nitrogen and oxygen atoms in total. The van der Waals surface area contributed by atoms with Crippen molar-refractivity contribution in [2.75, 3.05) is 6.54 Å². The van der Waals surface area contributed by atoms with E-state index in [0.29, 0.717) is 11.8 Å². The smallest absolute Gasteiger partial charge is 0.207 e. The van der Waals surface area contributed by atoms with Crippen LogP contribution in [0.1, 0.15) is 46.0 Å². The molecule has 0 aromatic heterocycles. The van der Waals surface area contributed by atoms with E-state index in [9.17, 15) is 21.6 Å². The second kappa shape index (κ2) is 6.43. The molecule has 0 heterocycles. The standard InChI is InChI=1S/C12H22F3NO2S/c1-3-10-6-5-9(7-11(10)4-2)8-16-19(17,18)12(13,14)15/h9-11,16H,3-8H2,1-2H3. The van der Waals surface area contributed by atoms with Crippen LogP contribution in [0, 0.1) is 17.8 Å². The van der Waals surface area contributed by atoms with E-state index < -0.39 is 15.5 Å². The number of alkyl halides is 3. The van der Waals surface area contributed by atoms with E-state index in [4.69, 9.17) is 0 Å². The zero-order chi connectivity index (χ0) is 14.7. The van der Waals surface area contributed by atoms with Gasteiger partial charge >= 0.3 is 15.5 Å². The van der Waals surface area contributed by atoms with Gasteiger partial charge in [-0.3, -0.25) is 0 Å². The largest absolute Gasteiger partial charge is 0.511 e. The molecule has 1 fully saturated rings. The molecule has 3 atom stereocenters. The van der Waals surface area contributed by atoms with E-state index in [1.54, 1.807) is 4.72 Å². The van der Waals surface area contributed by atoms with Crippen molar-refractivity contribution < 1.29 is 21.6 Å². The molecular formula is C12H22F3NO2S. The third-order valence-electron chi connectivity index (χ3n) is 4.16. The van der Waals surface area contributed by atoms with Gasteiger partial charge in [0.05, 0.1) is 0 Å². The SMILES string of the molecule is CCC1CCC(CNS(=O)(=O)C(F)(F)F)CC1CC. The highest BCUT2D eigenvalue weighted by molar-refractivity contribution is 7.90. The monoisotopic (exact) mass is 301 g/mol. The number of nitrogens with one attached hydrogen (secondary N) is 1. The van der Waals surface area contributed by atoms with E-state index >= 15 is 0 Å². The summed E-state index contributed by atoms with van der Waals surface area (Å²) < 4.78 is 60.1. The van der Waals surface area contributed by atoms with Gasteiger partial charge < -0.3 is 0 Å². The summed E-state index contributed by atoms with van der Waals surface area (Å²) in [5.74, 6) is 1.14. The van der Waals surface area contributed by atoms with Crippen LogP contribution in [0.4, 0.5) is 13.2 Å². The molecule has 1 saturated carbocycles. The molecular weight excluding hydrogens is 279 g/mol. The Kier molecular flexibility index (Phi) is 5.67. The minimum absolute atomic E-state index is 0.0184. The van der Waals surface area contributed by atoms with E-state index in [-0.39, 0.29) is 12.5 Å². The van der Waals surface area contributed by atoms with E-state index in [2.05, 4.69) is 13.8 Å². The van der Waals surface area contributed by atoms with Crippen LogP contribution in [0.25, 0.3) is 0 Å². The lowest BCUT2D eigenvalue weighted by Gasteiger charge is -2.35. The molecule has 1 rings (SSSR count). The highest BCUT2D eigenvalue weighted by atomic mass is 32.2. The van der Waals surface area contributed by atoms with Crippen molar-refractivity contribution >= 4 is 10.0 Å². The van der Waals surface area contributed by atoms with Gasteiger partial charge in [0.2, 0.25) is 0 Å². The summed E-state index contributed by atoms with van der Waals surface area (Å²) in [6.07, 6.45) is 4.68. The normalized spacial score (nSPS) is 29.4. The molecule has 0 spiro atoms. The summed E-state index contributed by atoms with van der Waals surface area (Å²) in [5, 5.41) is 0. The molecule has 114 valence electrons. The predicted molar refractivity (Wildman–Crippen MR) is 67.9 cm³/mol. The summed E-state index contributed by atoms with van der Waals surface area (Å²) in [6.45, 7) is 4.10. The lowest BCUT2D eigenvalue weighted by molar-refractivity contribution is -0.0449. The number of hydrogen-bond acceptors (Lipinski definition) is 2. The van der Waals surface area contributed by atoms with Crippen molar-refractivity contribution in [2.45, 2.75) is 51.5 Å². The molecule has 1 N–H and O–H groups in total. The maximum Gasteiger partial charge on any atom is 0.511 e. The van der Waals surface area contributed by atoms with Gasteiger partial charge in [0, 0.05) is 6.54 Å². The van der Waals surface area contributed by atoms with Gasteiger partial charge in [-0.05, 0) is 37.0 Å². The Morgan fingerprint density at radius 3 is 2.16 bits per heavy atom. The van der Waals surface area contributed by atoms with Crippen LogP contribution < -0.4 is 4.72 Å². The highest BCUT2D eigenvalue weighted by Crippen LogP contribution is 2.37. The Hall–Kier alpha value is -0.300. The van der Waals surface area contributed by atoms with Crippen LogP contribution in [0.3, 0.4) is 0 Å². The van der Waals surface area contributed by atoms with Gasteiger partial charge in [-0.1, -0.05) is 26.7 Å². The van der Waals surface area contributed by atoms with Gasteiger partial charge in [-0.15, -0.1) is 0 Å².